The van der Waals surface area contributed by atoms with Crippen molar-refractivity contribution in [2.75, 3.05) is 6.54 Å². The summed E-state index contributed by atoms with van der Waals surface area (Å²) in [4.78, 5) is 4.24. The van der Waals surface area contributed by atoms with Crippen LogP contribution in [-0.2, 0) is 6.54 Å². The minimum absolute atomic E-state index is 0.811. The van der Waals surface area contributed by atoms with E-state index in [0.29, 0.717) is 0 Å². The number of aryl methyl sites for hydroxylation is 1. The molecule has 0 atom stereocenters. The van der Waals surface area contributed by atoms with Gasteiger partial charge in [0.1, 0.15) is 11.5 Å². The number of benzene rings is 1. The maximum atomic E-state index is 5.97. The number of para-hydroxylation sites is 1. The Bertz CT molecular complexity index is 526. The van der Waals surface area contributed by atoms with Crippen molar-refractivity contribution in [1.82, 2.24) is 10.3 Å². The first-order valence-corrected chi connectivity index (χ1v) is 6.69. The van der Waals surface area contributed by atoms with Crippen molar-refractivity contribution in [2.24, 2.45) is 0 Å². The van der Waals surface area contributed by atoms with Gasteiger partial charge in [0.05, 0.1) is 5.69 Å². The summed E-state index contributed by atoms with van der Waals surface area (Å²) in [7, 11) is 0. The molecule has 0 saturated carbocycles. The van der Waals surface area contributed by atoms with Crippen LogP contribution < -0.4 is 10.1 Å². The Labute approximate surface area is 114 Å². The molecule has 0 aliphatic rings. The van der Waals surface area contributed by atoms with Gasteiger partial charge < -0.3 is 10.1 Å². The SMILES string of the molecule is CCCNCc1ccccc1Oc1cccnc1C. The molecule has 1 aromatic carbocycles. The third-order valence-electron chi connectivity index (χ3n) is 2.89. The lowest BCUT2D eigenvalue weighted by molar-refractivity contribution is 0.466. The van der Waals surface area contributed by atoms with Crippen LogP contribution in [0.4, 0.5) is 0 Å². The fraction of sp³-hybridized carbons (Fsp3) is 0.312. The van der Waals surface area contributed by atoms with Crippen molar-refractivity contribution in [3.63, 3.8) is 0 Å². The normalized spacial score (nSPS) is 10.4. The quantitative estimate of drug-likeness (QED) is 0.800. The number of pyridine rings is 1. The molecule has 3 nitrogen and oxygen atoms in total. The lowest BCUT2D eigenvalue weighted by atomic mass is 10.2. The van der Waals surface area contributed by atoms with Gasteiger partial charge in [-0.15, -0.1) is 0 Å². The van der Waals surface area contributed by atoms with Crippen LogP contribution in [0.5, 0.6) is 11.5 Å². The highest BCUT2D eigenvalue weighted by Crippen LogP contribution is 2.26. The van der Waals surface area contributed by atoms with Gasteiger partial charge in [0, 0.05) is 18.3 Å². The largest absolute Gasteiger partial charge is 0.455 e. The van der Waals surface area contributed by atoms with E-state index >= 15 is 0 Å². The van der Waals surface area contributed by atoms with Crippen LogP contribution in [0, 0.1) is 6.92 Å². The summed E-state index contributed by atoms with van der Waals surface area (Å²) in [6.45, 7) is 5.95. The van der Waals surface area contributed by atoms with Gasteiger partial charge in [0.15, 0.2) is 0 Å². The predicted molar refractivity (Wildman–Crippen MR) is 77.5 cm³/mol. The molecule has 1 heterocycles. The van der Waals surface area contributed by atoms with Crippen LogP contribution in [0.25, 0.3) is 0 Å². The molecular formula is C16H20N2O. The molecule has 3 heteroatoms. The van der Waals surface area contributed by atoms with Gasteiger partial charge in [-0.2, -0.15) is 0 Å². The van der Waals surface area contributed by atoms with Crippen LogP contribution in [0.15, 0.2) is 42.6 Å². The van der Waals surface area contributed by atoms with E-state index in [1.807, 2.05) is 37.3 Å². The Morgan fingerprint density at radius 3 is 2.68 bits per heavy atom. The molecule has 0 aliphatic carbocycles. The van der Waals surface area contributed by atoms with Crippen LogP contribution in [0.1, 0.15) is 24.6 Å². The van der Waals surface area contributed by atoms with Gasteiger partial charge in [0.2, 0.25) is 0 Å². The van der Waals surface area contributed by atoms with E-state index in [1.165, 1.54) is 5.56 Å². The first-order valence-electron chi connectivity index (χ1n) is 6.69. The molecule has 2 rings (SSSR count). The lowest BCUT2D eigenvalue weighted by Gasteiger charge is -2.12. The highest BCUT2D eigenvalue weighted by atomic mass is 16.5. The maximum Gasteiger partial charge on any atom is 0.148 e. The van der Waals surface area contributed by atoms with E-state index in [1.54, 1.807) is 6.20 Å². The van der Waals surface area contributed by atoms with E-state index in [4.69, 9.17) is 4.74 Å². The second-order valence-electron chi connectivity index (χ2n) is 4.47. The van der Waals surface area contributed by atoms with Crippen molar-refractivity contribution < 1.29 is 4.74 Å². The summed E-state index contributed by atoms with van der Waals surface area (Å²) in [5, 5.41) is 3.40. The molecule has 0 fully saturated rings. The minimum Gasteiger partial charge on any atom is -0.455 e. The molecule has 100 valence electrons. The lowest BCUT2D eigenvalue weighted by Crippen LogP contribution is -2.14. The Morgan fingerprint density at radius 1 is 1.11 bits per heavy atom. The fourth-order valence-corrected chi connectivity index (χ4v) is 1.85. The molecule has 2 aromatic rings. The van der Waals surface area contributed by atoms with Crippen LogP contribution in [-0.4, -0.2) is 11.5 Å². The van der Waals surface area contributed by atoms with Crippen LogP contribution in [0.2, 0.25) is 0 Å². The molecule has 0 unspecified atom stereocenters. The first-order chi connectivity index (χ1) is 9.31. The molecule has 0 radical (unpaired) electrons. The summed E-state index contributed by atoms with van der Waals surface area (Å²) in [6, 6.07) is 11.9. The molecule has 0 aliphatic heterocycles. The van der Waals surface area contributed by atoms with Gasteiger partial charge in [-0.3, -0.25) is 4.98 Å². The zero-order chi connectivity index (χ0) is 13.5. The Kier molecular flexibility index (Phi) is 4.93. The minimum atomic E-state index is 0.811. The van der Waals surface area contributed by atoms with Gasteiger partial charge in [0.25, 0.3) is 0 Å². The summed E-state index contributed by atoms with van der Waals surface area (Å²) in [5.74, 6) is 1.70. The van der Waals surface area contributed by atoms with Gasteiger partial charge in [-0.05, 0) is 38.1 Å². The third-order valence-corrected chi connectivity index (χ3v) is 2.89. The van der Waals surface area contributed by atoms with E-state index in [-0.39, 0.29) is 0 Å². The molecule has 1 N–H and O–H groups in total. The molecule has 19 heavy (non-hydrogen) atoms. The van der Waals surface area contributed by atoms with Crippen molar-refractivity contribution >= 4 is 0 Å². The smallest absolute Gasteiger partial charge is 0.148 e. The van der Waals surface area contributed by atoms with E-state index in [2.05, 4.69) is 23.3 Å². The summed E-state index contributed by atoms with van der Waals surface area (Å²) in [5.41, 5.74) is 2.07. The fourth-order valence-electron chi connectivity index (χ4n) is 1.85. The van der Waals surface area contributed by atoms with Crippen molar-refractivity contribution in [2.45, 2.75) is 26.8 Å². The van der Waals surface area contributed by atoms with E-state index in [9.17, 15) is 0 Å². The van der Waals surface area contributed by atoms with Gasteiger partial charge in [-0.1, -0.05) is 25.1 Å². The molecule has 0 bridgehead atoms. The first kappa shape index (κ1) is 13.6. The van der Waals surface area contributed by atoms with Gasteiger partial charge >= 0.3 is 0 Å². The van der Waals surface area contributed by atoms with Crippen molar-refractivity contribution in [3.8, 4) is 11.5 Å². The van der Waals surface area contributed by atoms with Crippen molar-refractivity contribution in [1.29, 1.82) is 0 Å². The molecule has 1 aromatic heterocycles. The summed E-state index contributed by atoms with van der Waals surface area (Å²) >= 11 is 0. The molecular weight excluding hydrogens is 236 g/mol. The average molecular weight is 256 g/mol. The number of aromatic nitrogens is 1. The van der Waals surface area contributed by atoms with Crippen LogP contribution >= 0.6 is 0 Å². The maximum absolute atomic E-state index is 5.97. The third kappa shape index (κ3) is 3.80. The monoisotopic (exact) mass is 256 g/mol. The number of ether oxygens (including phenoxy) is 1. The zero-order valence-electron chi connectivity index (χ0n) is 11.5. The Hall–Kier alpha value is -1.87. The number of nitrogens with one attached hydrogen (secondary N) is 1. The summed E-state index contributed by atoms with van der Waals surface area (Å²) < 4.78 is 5.97. The predicted octanol–water partition coefficient (Wildman–Crippen LogP) is 3.68. The zero-order valence-corrected chi connectivity index (χ0v) is 11.5. The highest BCUT2D eigenvalue weighted by molar-refractivity contribution is 5.38. The number of hydrogen-bond donors (Lipinski definition) is 1. The van der Waals surface area contributed by atoms with Gasteiger partial charge in [-0.25, -0.2) is 0 Å². The standard InChI is InChI=1S/C16H20N2O/c1-3-10-17-12-14-7-4-5-8-16(14)19-15-9-6-11-18-13(15)2/h4-9,11,17H,3,10,12H2,1-2H3. The number of hydrogen-bond acceptors (Lipinski definition) is 3. The highest BCUT2D eigenvalue weighted by Gasteiger charge is 2.06. The van der Waals surface area contributed by atoms with Crippen LogP contribution in [0.3, 0.4) is 0 Å². The van der Waals surface area contributed by atoms with E-state index < -0.39 is 0 Å². The topological polar surface area (TPSA) is 34.1 Å². The average Bonchev–Trinajstić information content (AvgIpc) is 2.43. The molecule has 0 amide bonds. The molecule has 0 saturated heterocycles. The summed E-state index contributed by atoms with van der Waals surface area (Å²) in [6.07, 6.45) is 2.90. The van der Waals surface area contributed by atoms with E-state index in [0.717, 1.165) is 36.7 Å². The second-order valence-corrected chi connectivity index (χ2v) is 4.47. The number of nitrogens with zero attached hydrogens (tertiary/aromatic N) is 1. The Morgan fingerprint density at radius 2 is 1.89 bits per heavy atom. The Balaban J connectivity index is 2.13. The molecule has 0 spiro atoms. The second kappa shape index (κ2) is 6.90. The number of rotatable bonds is 6. The van der Waals surface area contributed by atoms with Crippen molar-refractivity contribution in [3.05, 3.63) is 53.9 Å².